The van der Waals surface area contributed by atoms with Gasteiger partial charge < -0.3 is 4.74 Å². The number of aromatic nitrogens is 2. The van der Waals surface area contributed by atoms with Gasteiger partial charge in [0, 0.05) is 0 Å². The summed E-state index contributed by atoms with van der Waals surface area (Å²) in [6, 6.07) is 4.27. The highest BCUT2D eigenvalue weighted by Crippen LogP contribution is 2.34. The number of rotatable bonds is 3. The van der Waals surface area contributed by atoms with Gasteiger partial charge in [0.2, 0.25) is 0 Å². The normalized spacial score (nSPS) is 16.5. The largest absolute Gasteiger partial charge is 0.443 e. The summed E-state index contributed by atoms with van der Waals surface area (Å²) in [5.74, 6) is 0.787. The van der Waals surface area contributed by atoms with Crippen molar-refractivity contribution in [3.63, 3.8) is 0 Å². The van der Waals surface area contributed by atoms with Crippen molar-refractivity contribution in [2.24, 2.45) is 0 Å². The molecule has 0 radical (unpaired) electrons. The first kappa shape index (κ1) is 11.1. The second-order valence-electron chi connectivity index (χ2n) is 4.25. The Hall–Kier alpha value is -1.00. The molecule has 1 fully saturated rings. The smallest absolute Gasteiger partial charge is 0.182 e. The van der Waals surface area contributed by atoms with Crippen LogP contribution in [0.25, 0.3) is 0 Å². The molecular formula is C12H13ClN2OS. The van der Waals surface area contributed by atoms with Gasteiger partial charge in [-0.15, -0.1) is 0 Å². The highest BCUT2D eigenvalue weighted by atomic mass is 35.5. The first-order valence-electron chi connectivity index (χ1n) is 5.78. The van der Waals surface area contributed by atoms with Gasteiger partial charge in [0.05, 0.1) is 22.8 Å². The van der Waals surface area contributed by atoms with E-state index in [-0.39, 0.29) is 0 Å². The van der Waals surface area contributed by atoms with E-state index in [4.69, 9.17) is 16.3 Å². The van der Waals surface area contributed by atoms with E-state index >= 15 is 0 Å². The Morgan fingerprint density at radius 3 is 2.88 bits per heavy atom. The van der Waals surface area contributed by atoms with Crippen molar-refractivity contribution in [3.8, 4) is 10.8 Å². The molecule has 0 aliphatic heterocycles. The maximum Gasteiger partial charge on any atom is 0.182 e. The highest BCUT2D eigenvalue weighted by Gasteiger charge is 2.17. The van der Waals surface area contributed by atoms with E-state index in [9.17, 15) is 0 Å². The van der Waals surface area contributed by atoms with Crippen LogP contribution in [0.1, 0.15) is 31.7 Å². The summed E-state index contributed by atoms with van der Waals surface area (Å²) in [5, 5.41) is 5.17. The molecule has 0 N–H and O–H groups in total. The molecule has 2 heterocycles. The third-order valence-corrected chi connectivity index (χ3v) is 4.15. The Morgan fingerprint density at radius 2 is 2.18 bits per heavy atom. The van der Waals surface area contributed by atoms with Crippen LogP contribution >= 0.6 is 22.9 Å². The molecule has 1 saturated carbocycles. The van der Waals surface area contributed by atoms with Crippen LogP contribution in [0.5, 0.6) is 10.8 Å². The zero-order chi connectivity index (χ0) is 11.7. The van der Waals surface area contributed by atoms with Gasteiger partial charge in [0.25, 0.3) is 0 Å². The first-order chi connectivity index (χ1) is 8.31. The fourth-order valence-electron chi connectivity index (χ4n) is 2.21. The maximum absolute atomic E-state index is 5.85. The summed E-state index contributed by atoms with van der Waals surface area (Å²) in [6.07, 6.45) is 8.82. The SMILES string of the molecule is Clc1ccc(Oc2cnn(C3CCCC3)c2)s1. The maximum atomic E-state index is 5.85. The molecule has 1 aliphatic rings. The molecule has 0 saturated heterocycles. The van der Waals surface area contributed by atoms with Gasteiger partial charge in [-0.3, -0.25) is 4.68 Å². The van der Waals surface area contributed by atoms with E-state index in [1.54, 1.807) is 6.20 Å². The second-order valence-corrected chi connectivity index (χ2v) is 5.93. The predicted octanol–water partition coefficient (Wildman–Crippen LogP) is 4.51. The molecule has 0 amide bonds. The van der Waals surface area contributed by atoms with Crippen LogP contribution in [0, 0.1) is 0 Å². The third kappa shape index (κ3) is 2.48. The topological polar surface area (TPSA) is 27.1 Å². The van der Waals surface area contributed by atoms with Crippen molar-refractivity contribution < 1.29 is 4.74 Å². The molecule has 0 unspecified atom stereocenters. The van der Waals surface area contributed by atoms with E-state index in [0.29, 0.717) is 6.04 Å². The summed E-state index contributed by atoms with van der Waals surface area (Å²) in [4.78, 5) is 0. The van der Waals surface area contributed by atoms with Crippen molar-refractivity contribution in [2.45, 2.75) is 31.7 Å². The average molecular weight is 269 g/mol. The van der Waals surface area contributed by atoms with Crippen LogP contribution in [-0.4, -0.2) is 9.78 Å². The molecule has 3 nitrogen and oxygen atoms in total. The Morgan fingerprint density at radius 1 is 1.35 bits per heavy atom. The summed E-state index contributed by atoms with van der Waals surface area (Å²) in [6.45, 7) is 0. The van der Waals surface area contributed by atoms with Gasteiger partial charge in [-0.1, -0.05) is 35.8 Å². The minimum atomic E-state index is 0.555. The predicted molar refractivity (Wildman–Crippen MR) is 69.1 cm³/mol. The zero-order valence-corrected chi connectivity index (χ0v) is 10.9. The van der Waals surface area contributed by atoms with Crippen LogP contribution in [-0.2, 0) is 0 Å². The van der Waals surface area contributed by atoms with Gasteiger partial charge in [0.1, 0.15) is 0 Å². The lowest BCUT2D eigenvalue weighted by Gasteiger charge is -2.08. The van der Waals surface area contributed by atoms with E-state index < -0.39 is 0 Å². The van der Waals surface area contributed by atoms with Crippen LogP contribution in [0.15, 0.2) is 24.5 Å². The summed E-state index contributed by atoms with van der Waals surface area (Å²) in [5.41, 5.74) is 0. The van der Waals surface area contributed by atoms with Crippen molar-refractivity contribution in [1.29, 1.82) is 0 Å². The number of thiophene rings is 1. The van der Waals surface area contributed by atoms with Crippen LogP contribution in [0.3, 0.4) is 0 Å². The molecule has 0 aromatic carbocycles. The molecule has 0 spiro atoms. The highest BCUT2D eigenvalue weighted by molar-refractivity contribution is 7.17. The van der Waals surface area contributed by atoms with E-state index in [1.165, 1.54) is 37.0 Å². The van der Waals surface area contributed by atoms with Crippen LogP contribution in [0.4, 0.5) is 0 Å². The van der Waals surface area contributed by atoms with Crippen LogP contribution < -0.4 is 4.74 Å². The molecule has 0 atom stereocenters. The third-order valence-electron chi connectivity index (χ3n) is 3.04. The fourth-order valence-corrected chi connectivity index (χ4v) is 3.10. The van der Waals surface area contributed by atoms with E-state index in [0.717, 1.165) is 15.1 Å². The monoisotopic (exact) mass is 268 g/mol. The van der Waals surface area contributed by atoms with Crippen molar-refractivity contribution in [2.75, 3.05) is 0 Å². The Kier molecular flexibility index (Phi) is 3.07. The lowest BCUT2D eigenvalue weighted by molar-refractivity contribution is 0.459. The lowest BCUT2D eigenvalue weighted by Crippen LogP contribution is -2.04. The Bertz CT molecular complexity index is 502. The number of halogens is 1. The van der Waals surface area contributed by atoms with Gasteiger partial charge in [0.15, 0.2) is 10.8 Å². The molecule has 90 valence electrons. The zero-order valence-electron chi connectivity index (χ0n) is 9.30. The molecule has 2 aromatic rings. The molecule has 3 rings (SSSR count). The average Bonchev–Trinajstić information content (AvgIpc) is 3.00. The van der Waals surface area contributed by atoms with Crippen molar-refractivity contribution in [1.82, 2.24) is 9.78 Å². The number of nitrogens with zero attached hydrogens (tertiary/aromatic N) is 2. The van der Waals surface area contributed by atoms with Gasteiger partial charge >= 0.3 is 0 Å². The van der Waals surface area contributed by atoms with E-state index in [1.807, 2.05) is 23.0 Å². The molecular weight excluding hydrogens is 256 g/mol. The number of hydrogen-bond acceptors (Lipinski definition) is 3. The van der Waals surface area contributed by atoms with Gasteiger partial charge in [-0.05, 0) is 25.0 Å². The Labute approximate surface area is 109 Å². The minimum Gasteiger partial charge on any atom is -0.443 e. The molecule has 0 bridgehead atoms. The summed E-state index contributed by atoms with van der Waals surface area (Å²) >= 11 is 7.28. The van der Waals surface area contributed by atoms with Gasteiger partial charge in [-0.2, -0.15) is 5.10 Å². The molecule has 2 aromatic heterocycles. The second kappa shape index (κ2) is 4.70. The van der Waals surface area contributed by atoms with E-state index in [2.05, 4.69) is 5.10 Å². The molecule has 17 heavy (non-hydrogen) atoms. The summed E-state index contributed by atoms with van der Waals surface area (Å²) < 4.78 is 8.45. The standard InChI is InChI=1S/C12H13ClN2OS/c13-11-5-6-12(17-11)16-10-7-14-15(8-10)9-3-1-2-4-9/h5-9H,1-4H2. The number of ether oxygens (including phenoxy) is 1. The minimum absolute atomic E-state index is 0.555. The quantitative estimate of drug-likeness (QED) is 0.819. The Balaban J connectivity index is 1.71. The lowest BCUT2D eigenvalue weighted by atomic mass is 10.3. The summed E-state index contributed by atoms with van der Waals surface area (Å²) in [7, 11) is 0. The fraction of sp³-hybridized carbons (Fsp3) is 0.417. The first-order valence-corrected chi connectivity index (χ1v) is 6.98. The van der Waals surface area contributed by atoms with Crippen molar-refractivity contribution >= 4 is 22.9 Å². The van der Waals surface area contributed by atoms with Crippen molar-refractivity contribution in [3.05, 3.63) is 28.9 Å². The molecule has 1 aliphatic carbocycles. The molecule has 5 heteroatoms. The van der Waals surface area contributed by atoms with Crippen LogP contribution in [0.2, 0.25) is 4.34 Å². The number of hydrogen-bond donors (Lipinski definition) is 0. The van der Waals surface area contributed by atoms with Gasteiger partial charge in [-0.25, -0.2) is 0 Å².